The molecule has 1 aliphatic carbocycles. The highest BCUT2D eigenvalue weighted by atomic mass is 32.2. The molecule has 1 fully saturated rings. The van der Waals surface area contributed by atoms with Crippen LogP contribution in [0.5, 0.6) is 0 Å². The Morgan fingerprint density at radius 3 is 1.94 bits per heavy atom. The van der Waals surface area contributed by atoms with Gasteiger partial charge in [0.15, 0.2) is 9.84 Å². The third kappa shape index (κ3) is 1.86. The molecule has 0 amide bonds. The van der Waals surface area contributed by atoms with Crippen LogP contribution in [0.25, 0.3) is 0 Å². The Bertz CT molecular complexity index is 595. The second kappa shape index (κ2) is 3.63. The van der Waals surface area contributed by atoms with Gasteiger partial charge in [-0.2, -0.15) is 0 Å². The molecule has 1 saturated carbocycles. The van der Waals surface area contributed by atoms with Gasteiger partial charge in [0.1, 0.15) is 0 Å². The van der Waals surface area contributed by atoms with Crippen LogP contribution in [0.1, 0.15) is 19.4 Å². The van der Waals surface area contributed by atoms with Crippen molar-refractivity contribution in [1.82, 2.24) is 0 Å². The third-order valence-corrected chi connectivity index (χ3v) is 4.83. The maximum Gasteiger partial charge on any atom is 0.279 e. The fraction of sp³-hybridized carbons (Fsp3) is 0.385. The van der Waals surface area contributed by atoms with E-state index in [0.29, 0.717) is 5.41 Å². The summed E-state index contributed by atoms with van der Waals surface area (Å²) in [7, 11) is -3.80. The van der Waals surface area contributed by atoms with E-state index >= 15 is 0 Å². The number of sulfone groups is 1. The van der Waals surface area contributed by atoms with E-state index in [1.807, 2.05) is 6.92 Å². The summed E-state index contributed by atoms with van der Waals surface area (Å²) in [6, 6.07) is 6.13. The molecule has 0 unspecified atom stereocenters. The van der Waals surface area contributed by atoms with Crippen LogP contribution in [0.3, 0.4) is 0 Å². The molecular formula is C13H14F2O2S. The second-order valence-corrected chi connectivity index (χ2v) is 6.89. The number of aryl methyl sites for hydroxylation is 1. The van der Waals surface area contributed by atoms with Crippen LogP contribution >= 0.6 is 0 Å². The van der Waals surface area contributed by atoms with E-state index in [0.717, 1.165) is 5.56 Å². The van der Waals surface area contributed by atoms with Crippen LogP contribution in [0.15, 0.2) is 40.1 Å². The first-order chi connectivity index (χ1) is 8.09. The predicted octanol–water partition coefficient (Wildman–Crippen LogP) is 3.33. The maximum atomic E-state index is 13.4. The van der Waals surface area contributed by atoms with E-state index in [1.165, 1.54) is 26.0 Å². The molecule has 98 valence electrons. The minimum atomic E-state index is -3.80. The van der Waals surface area contributed by atoms with Crippen molar-refractivity contribution in [2.24, 2.45) is 5.41 Å². The summed E-state index contributed by atoms with van der Waals surface area (Å²) in [5, 5.41) is 0.706. The first-order valence-electron chi connectivity index (χ1n) is 5.51. The van der Waals surface area contributed by atoms with E-state index < -0.39 is 21.2 Å². The number of halogens is 2. The van der Waals surface area contributed by atoms with Crippen LogP contribution in [0.2, 0.25) is 0 Å². The number of alkyl halides is 2. The van der Waals surface area contributed by atoms with E-state index in [1.54, 1.807) is 12.1 Å². The van der Waals surface area contributed by atoms with Crippen LogP contribution in [-0.4, -0.2) is 14.3 Å². The fourth-order valence-corrected chi connectivity index (χ4v) is 3.17. The summed E-state index contributed by atoms with van der Waals surface area (Å²) >= 11 is 0. The lowest BCUT2D eigenvalue weighted by molar-refractivity contribution is 0.0827. The van der Waals surface area contributed by atoms with Crippen LogP contribution in [0.4, 0.5) is 8.78 Å². The van der Waals surface area contributed by atoms with Crippen LogP contribution < -0.4 is 0 Å². The molecule has 0 aliphatic heterocycles. The van der Waals surface area contributed by atoms with E-state index in [9.17, 15) is 17.2 Å². The van der Waals surface area contributed by atoms with Gasteiger partial charge >= 0.3 is 0 Å². The van der Waals surface area contributed by atoms with E-state index in [4.69, 9.17) is 0 Å². The summed E-state index contributed by atoms with van der Waals surface area (Å²) in [6.45, 7) is 4.50. The predicted molar refractivity (Wildman–Crippen MR) is 65.2 cm³/mol. The van der Waals surface area contributed by atoms with Gasteiger partial charge < -0.3 is 0 Å². The van der Waals surface area contributed by atoms with Crippen molar-refractivity contribution >= 4 is 9.84 Å². The Labute approximate surface area is 105 Å². The molecule has 2 rings (SSSR count). The molecule has 0 radical (unpaired) electrons. The molecule has 0 spiro atoms. The number of hydrogen-bond donors (Lipinski definition) is 0. The molecular weight excluding hydrogens is 258 g/mol. The van der Waals surface area contributed by atoms with Gasteiger partial charge in [-0.05, 0) is 32.9 Å². The van der Waals surface area contributed by atoms with Gasteiger partial charge in [0, 0.05) is 11.0 Å². The molecule has 0 saturated heterocycles. The molecule has 1 aliphatic rings. The van der Waals surface area contributed by atoms with Gasteiger partial charge in [0.05, 0.1) is 10.3 Å². The molecule has 1 aromatic rings. The molecule has 0 heterocycles. The van der Waals surface area contributed by atoms with Crippen LogP contribution in [0, 0.1) is 12.3 Å². The molecule has 18 heavy (non-hydrogen) atoms. The average molecular weight is 272 g/mol. The van der Waals surface area contributed by atoms with Gasteiger partial charge in [-0.25, -0.2) is 17.2 Å². The van der Waals surface area contributed by atoms with Crippen molar-refractivity contribution in [3.8, 4) is 0 Å². The topological polar surface area (TPSA) is 34.1 Å². The maximum absolute atomic E-state index is 13.4. The number of benzene rings is 1. The lowest BCUT2D eigenvalue weighted by Gasteiger charge is -1.99. The fourth-order valence-electron chi connectivity index (χ4n) is 1.77. The van der Waals surface area contributed by atoms with Gasteiger partial charge in [-0.1, -0.05) is 17.7 Å². The number of hydrogen-bond acceptors (Lipinski definition) is 2. The van der Waals surface area contributed by atoms with Crippen molar-refractivity contribution in [3.63, 3.8) is 0 Å². The minimum Gasteiger partial charge on any atom is -0.219 e. The van der Waals surface area contributed by atoms with E-state index in [2.05, 4.69) is 0 Å². The largest absolute Gasteiger partial charge is 0.279 e. The standard InChI is InChI=1S/C13H14F2O2S/c1-9-4-6-10(7-5-9)18(16,17)8-11-12(2,3)13(11,14)15/h4-8H,1-3H3/b11-8-. The van der Waals surface area contributed by atoms with Crippen molar-refractivity contribution in [1.29, 1.82) is 0 Å². The van der Waals surface area contributed by atoms with Crippen molar-refractivity contribution in [2.75, 3.05) is 0 Å². The minimum absolute atomic E-state index is 0.0408. The SMILES string of the molecule is Cc1ccc(S(=O)(=O)/C=C2/C(C)(C)C2(F)F)cc1. The van der Waals surface area contributed by atoms with Gasteiger partial charge in [0.25, 0.3) is 5.92 Å². The normalized spacial score (nSPS) is 23.1. The van der Waals surface area contributed by atoms with Crippen molar-refractivity contribution in [3.05, 3.63) is 40.8 Å². The van der Waals surface area contributed by atoms with Crippen molar-refractivity contribution in [2.45, 2.75) is 31.6 Å². The number of rotatable bonds is 2. The molecule has 5 heteroatoms. The summed E-state index contributed by atoms with van der Waals surface area (Å²) in [6.07, 6.45) is 0. The van der Waals surface area contributed by atoms with Gasteiger partial charge in [0.2, 0.25) is 0 Å². The Morgan fingerprint density at radius 2 is 1.56 bits per heavy atom. The zero-order valence-corrected chi connectivity index (χ0v) is 11.2. The Kier molecular flexibility index (Phi) is 2.67. The summed E-state index contributed by atoms with van der Waals surface area (Å²) in [5.41, 5.74) is -0.764. The zero-order valence-electron chi connectivity index (χ0n) is 10.4. The Hall–Kier alpha value is -1.23. The highest BCUT2D eigenvalue weighted by Gasteiger charge is 2.71. The highest BCUT2D eigenvalue weighted by Crippen LogP contribution is 2.65. The zero-order chi connectivity index (χ0) is 13.8. The summed E-state index contributed by atoms with van der Waals surface area (Å²) in [5.74, 6) is -3.02. The Morgan fingerprint density at radius 1 is 1.11 bits per heavy atom. The monoisotopic (exact) mass is 272 g/mol. The molecule has 0 aromatic heterocycles. The van der Waals surface area contributed by atoms with Gasteiger partial charge in [-0.15, -0.1) is 0 Å². The summed E-state index contributed by atoms with van der Waals surface area (Å²) in [4.78, 5) is 0.0408. The lowest BCUT2D eigenvalue weighted by Crippen LogP contribution is -1.99. The Balaban J connectivity index is 2.42. The summed E-state index contributed by atoms with van der Waals surface area (Å²) < 4.78 is 50.6. The molecule has 0 N–H and O–H groups in total. The second-order valence-electron chi connectivity index (χ2n) is 5.09. The average Bonchev–Trinajstić information content (AvgIpc) is 2.61. The smallest absolute Gasteiger partial charge is 0.219 e. The molecule has 2 nitrogen and oxygen atoms in total. The van der Waals surface area contributed by atoms with Crippen molar-refractivity contribution < 1.29 is 17.2 Å². The van der Waals surface area contributed by atoms with E-state index in [-0.39, 0.29) is 10.5 Å². The van der Waals surface area contributed by atoms with Gasteiger partial charge in [-0.3, -0.25) is 0 Å². The quantitative estimate of drug-likeness (QED) is 0.827. The molecule has 1 aromatic carbocycles. The first-order valence-corrected chi connectivity index (χ1v) is 7.06. The highest BCUT2D eigenvalue weighted by molar-refractivity contribution is 7.94. The van der Waals surface area contributed by atoms with Crippen LogP contribution in [-0.2, 0) is 9.84 Å². The number of allylic oxidation sites excluding steroid dienone is 1. The lowest BCUT2D eigenvalue weighted by atomic mass is 10.2. The molecule has 0 atom stereocenters. The third-order valence-electron chi connectivity index (χ3n) is 3.36. The first kappa shape index (κ1) is 13.2. The molecule has 0 bridgehead atoms.